The molecule has 0 fully saturated rings. The van der Waals surface area contributed by atoms with Crippen LogP contribution >= 0.6 is 22.7 Å². The first-order chi connectivity index (χ1) is 34.0. The molecule has 0 bridgehead atoms. The second-order valence-electron chi connectivity index (χ2n) is 15.2. The molecule has 4 amide bonds. The Morgan fingerprint density at radius 3 is 1.37 bits per heavy atom. The molecule has 71 heavy (non-hydrogen) atoms. The van der Waals surface area contributed by atoms with Crippen LogP contribution in [0.4, 0.5) is 11.9 Å². The number of carboxylic acids is 1. The predicted molar refractivity (Wildman–Crippen MR) is 270 cm³/mol. The quantitative estimate of drug-likeness (QED) is 0.0439. The summed E-state index contributed by atoms with van der Waals surface area (Å²) < 4.78 is 4.78. The van der Waals surface area contributed by atoms with Crippen LogP contribution in [0.2, 0.25) is 0 Å². The Kier molecular flexibility index (Phi) is 19.8. The van der Waals surface area contributed by atoms with Crippen LogP contribution in [-0.2, 0) is 14.3 Å². The molecule has 0 aliphatic heterocycles. The summed E-state index contributed by atoms with van der Waals surface area (Å²) in [6.45, 7) is 7.02. The zero-order valence-electron chi connectivity index (χ0n) is 39.2. The molecular formula is C49H52N10O10S2. The Labute approximate surface area is 416 Å². The largest absolute Gasteiger partial charge is 0.508 e. The SMILES string of the molecule is COC(=O)[C@H](CNC(=O)c1cccs1)NC(=O)c1c(C)nc(NC/C=C/c2cccc(O)c2)nc1C.Cc1nc(NC/C=C/c2cccc(O)c2)nc(C)c1C(=O)N[C@@H](CNC(=O)c1cccs1)C(=O)O. The Hall–Kier alpha value is -8.50. The second kappa shape index (κ2) is 26.3. The lowest BCUT2D eigenvalue weighted by atomic mass is 10.1. The fourth-order valence-electron chi connectivity index (χ4n) is 6.57. The number of methoxy groups -OCH3 is 1. The molecule has 6 rings (SSSR count). The van der Waals surface area contributed by atoms with Crippen LogP contribution in [0.1, 0.15) is 74.0 Å². The summed E-state index contributed by atoms with van der Waals surface area (Å²) in [6.07, 6.45) is 7.37. The van der Waals surface area contributed by atoms with Crippen LogP contribution in [0.5, 0.6) is 11.5 Å². The number of nitrogens with one attached hydrogen (secondary N) is 6. The van der Waals surface area contributed by atoms with Crippen molar-refractivity contribution in [3.05, 3.63) is 150 Å². The van der Waals surface area contributed by atoms with Gasteiger partial charge in [0.2, 0.25) is 11.9 Å². The third-order valence-electron chi connectivity index (χ3n) is 9.93. The summed E-state index contributed by atoms with van der Waals surface area (Å²) in [5, 5.41) is 48.3. The number of aromatic hydroxyl groups is 2. The van der Waals surface area contributed by atoms with Crippen molar-refractivity contribution in [3.8, 4) is 11.5 Å². The summed E-state index contributed by atoms with van der Waals surface area (Å²) in [5.74, 6) is -2.91. The van der Waals surface area contributed by atoms with Gasteiger partial charge in [-0.3, -0.25) is 19.2 Å². The number of phenolic OH excluding ortho intramolecular Hbond substituents is 2. The normalized spacial score (nSPS) is 11.7. The molecule has 2 aromatic carbocycles. The van der Waals surface area contributed by atoms with Gasteiger partial charge in [0.1, 0.15) is 23.6 Å². The van der Waals surface area contributed by atoms with Crippen molar-refractivity contribution >= 4 is 82.3 Å². The van der Waals surface area contributed by atoms with E-state index < -0.39 is 41.7 Å². The van der Waals surface area contributed by atoms with Gasteiger partial charge in [0, 0.05) is 26.2 Å². The Morgan fingerprint density at radius 2 is 1.00 bits per heavy atom. The third kappa shape index (κ3) is 16.3. The lowest BCUT2D eigenvalue weighted by Gasteiger charge is -2.18. The smallest absolute Gasteiger partial charge is 0.330 e. The number of benzene rings is 2. The van der Waals surface area contributed by atoms with Gasteiger partial charge < -0.3 is 52.0 Å². The van der Waals surface area contributed by atoms with E-state index in [-0.39, 0.29) is 41.6 Å². The lowest BCUT2D eigenvalue weighted by molar-refractivity contribution is -0.142. The van der Waals surface area contributed by atoms with Crippen LogP contribution in [0.25, 0.3) is 12.2 Å². The van der Waals surface area contributed by atoms with Gasteiger partial charge in [0.05, 0.1) is 50.8 Å². The predicted octanol–water partition coefficient (Wildman–Crippen LogP) is 5.29. The van der Waals surface area contributed by atoms with Crippen LogP contribution in [0, 0.1) is 27.7 Å². The number of thiophene rings is 2. The maximum atomic E-state index is 13.0. The summed E-state index contributed by atoms with van der Waals surface area (Å²) in [7, 11) is 1.21. The number of rotatable bonds is 20. The van der Waals surface area contributed by atoms with E-state index in [0.29, 0.717) is 57.5 Å². The van der Waals surface area contributed by atoms with Gasteiger partial charge >= 0.3 is 11.9 Å². The van der Waals surface area contributed by atoms with Crippen molar-refractivity contribution in [1.29, 1.82) is 0 Å². The second-order valence-corrected chi connectivity index (χ2v) is 17.1. The van der Waals surface area contributed by atoms with Gasteiger partial charge in [-0.05, 0) is 86.0 Å². The fraction of sp³-hybridized carbons (Fsp3) is 0.224. The number of aliphatic carboxylic acids is 1. The third-order valence-corrected chi connectivity index (χ3v) is 11.7. The van der Waals surface area contributed by atoms with Crippen LogP contribution in [0.3, 0.4) is 0 Å². The highest BCUT2D eigenvalue weighted by Crippen LogP contribution is 2.17. The van der Waals surface area contributed by atoms with Gasteiger partial charge in [-0.2, -0.15) is 0 Å². The number of amides is 4. The number of aromatic nitrogens is 4. The van der Waals surface area contributed by atoms with E-state index >= 15 is 0 Å². The molecule has 0 saturated carbocycles. The number of ether oxygens (including phenoxy) is 1. The highest BCUT2D eigenvalue weighted by molar-refractivity contribution is 7.12. The molecule has 4 heterocycles. The lowest BCUT2D eigenvalue weighted by Crippen LogP contribution is -2.49. The number of hydrogen-bond acceptors (Lipinski definition) is 17. The van der Waals surface area contributed by atoms with Crippen molar-refractivity contribution in [2.24, 2.45) is 0 Å². The fourth-order valence-corrected chi connectivity index (χ4v) is 7.85. The average Bonchev–Trinajstić information content (AvgIpc) is 4.08. The molecule has 20 nitrogen and oxygen atoms in total. The Morgan fingerprint density at radius 1 is 0.592 bits per heavy atom. The van der Waals surface area contributed by atoms with E-state index in [2.05, 4.69) is 51.8 Å². The first-order valence-electron chi connectivity index (χ1n) is 21.7. The number of carbonyl (C=O) groups excluding carboxylic acids is 5. The number of phenols is 2. The molecule has 4 aromatic heterocycles. The monoisotopic (exact) mass is 1000 g/mol. The molecule has 9 N–H and O–H groups in total. The summed E-state index contributed by atoms with van der Waals surface area (Å²) in [6, 6.07) is 18.0. The maximum Gasteiger partial charge on any atom is 0.330 e. The standard InChI is InChI=1S/C25H27N5O5S.C24H25N5O5S/c1-15-21(16(2)29-25(28-15)26-11-5-8-17-7-4-9-18(31)13-17)23(33)30-19(24(34)35-3)14-27-22(32)20-10-6-12-36-20;1-14-20(22(32)29-18(23(33)34)13-26-21(31)19-9-5-11-35-19)15(2)28-24(27-14)25-10-4-7-16-6-3-8-17(30)12-16/h4-10,12-13,19,31H,11,14H2,1-3H3,(H,27,32)(H,30,33)(H,26,28,29);3-9,11-12,18,30H,10,13H2,1-2H3,(H,26,31)(H,29,32)(H,33,34)(H,25,27,28)/b8-5+;7-4+/t19-;18-/m00/s1. The minimum absolute atomic E-state index is 0.140. The summed E-state index contributed by atoms with van der Waals surface area (Å²) in [5.41, 5.74) is 3.69. The molecule has 370 valence electrons. The number of carboxylic acid groups (broad SMARTS) is 1. The van der Waals surface area contributed by atoms with E-state index in [1.54, 1.807) is 99.1 Å². The van der Waals surface area contributed by atoms with Gasteiger partial charge in [-0.1, -0.05) is 60.7 Å². The Bertz CT molecular complexity index is 2840. The van der Waals surface area contributed by atoms with Gasteiger partial charge in [0.25, 0.3) is 23.6 Å². The summed E-state index contributed by atoms with van der Waals surface area (Å²) >= 11 is 2.50. The van der Waals surface area contributed by atoms with E-state index in [0.717, 1.165) is 11.1 Å². The molecule has 6 aromatic rings. The maximum absolute atomic E-state index is 13.0. The number of aryl methyl sites for hydroxylation is 4. The zero-order valence-corrected chi connectivity index (χ0v) is 40.8. The van der Waals surface area contributed by atoms with Crippen molar-refractivity contribution < 1.29 is 48.8 Å². The molecular weight excluding hydrogens is 953 g/mol. The first-order valence-corrected chi connectivity index (χ1v) is 23.4. The molecule has 0 aliphatic carbocycles. The Balaban J connectivity index is 0.000000264. The van der Waals surface area contributed by atoms with Crippen LogP contribution in [0.15, 0.2) is 95.7 Å². The number of nitrogens with zero attached hydrogens (tertiary/aromatic N) is 4. The van der Waals surface area contributed by atoms with Crippen LogP contribution < -0.4 is 31.9 Å². The van der Waals surface area contributed by atoms with E-state index in [1.807, 2.05) is 36.4 Å². The molecule has 0 aliphatic rings. The minimum atomic E-state index is -1.33. The molecule has 2 atom stereocenters. The number of carbonyl (C=O) groups is 6. The molecule has 0 unspecified atom stereocenters. The first kappa shape index (κ1) is 53.5. The highest BCUT2D eigenvalue weighted by atomic mass is 32.1. The molecule has 0 radical (unpaired) electrons. The highest BCUT2D eigenvalue weighted by Gasteiger charge is 2.27. The van der Waals surface area contributed by atoms with Crippen molar-refractivity contribution in [1.82, 2.24) is 41.2 Å². The van der Waals surface area contributed by atoms with Crippen molar-refractivity contribution in [2.45, 2.75) is 39.8 Å². The number of esters is 1. The van der Waals surface area contributed by atoms with Crippen molar-refractivity contribution in [2.75, 3.05) is 43.9 Å². The average molecular weight is 1010 g/mol. The van der Waals surface area contributed by atoms with E-state index in [1.165, 1.54) is 29.8 Å². The number of hydrogen-bond donors (Lipinski definition) is 9. The van der Waals surface area contributed by atoms with E-state index in [9.17, 15) is 44.1 Å². The van der Waals surface area contributed by atoms with E-state index in [4.69, 9.17) is 4.74 Å². The van der Waals surface area contributed by atoms with Gasteiger partial charge in [-0.15, -0.1) is 22.7 Å². The van der Waals surface area contributed by atoms with Gasteiger partial charge in [-0.25, -0.2) is 29.5 Å². The topological polar surface area (TPSA) is 296 Å². The van der Waals surface area contributed by atoms with Crippen LogP contribution in [-0.4, -0.2) is 116 Å². The minimum Gasteiger partial charge on any atom is -0.508 e. The number of anilines is 2. The van der Waals surface area contributed by atoms with Crippen molar-refractivity contribution in [3.63, 3.8) is 0 Å². The zero-order chi connectivity index (χ0) is 51.5. The molecule has 0 spiro atoms. The summed E-state index contributed by atoms with van der Waals surface area (Å²) in [4.78, 5) is 92.2. The molecule has 22 heteroatoms. The molecule has 0 saturated heterocycles. The van der Waals surface area contributed by atoms with Gasteiger partial charge in [0.15, 0.2) is 0 Å².